The molecule has 0 radical (unpaired) electrons. The van der Waals surface area contributed by atoms with Gasteiger partial charge in [-0.2, -0.15) is 8.42 Å². The highest BCUT2D eigenvalue weighted by atomic mass is 32.2. The van der Waals surface area contributed by atoms with Gasteiger partial charge in [-0.3, -0.25) is 9.35 Å². The van der Waals surface area contributed by atoms with E-state index in [2.05, 4.69) is 5.32 Å². The summed E-state index contributed by atoms with van der Waals surface area (Å²) >= 11 is 0. The first kappa shape index (κ1) is 21.4. The second kappa shape index (κ2) is 9.34. The third-order valence-electron chi connectivity index (χ3n) is 3.78. The molecule has 0 aliphatic heterocycles. The van der Waals surface area contributed by atoms with Gasteiger partial charge in [0.2, 0.25) is 0 Å². The van der Waals surface area contributed by atoms with Crippen LogP contribution in [0.2, 0.25) is 0 Å². The Balaban J connectivity index is 2.48. The number of rotatable bonds is 9. The maximum absolute atomic E-state index is 12.9. The molecule has 0 bridgehead atoms. The Labute approximate surface area is 162 Å². The van der Waals surface area contributed by atoms with Gasteiger partial charge in [0.25, 0.3) is 16.0 Å². The van der Waals surface area contributed by atoms with Gasteiger partial charge >= 0.3 is 5.97 Å². The van der Waals surface area contributed by atoms with Crippen molar-refractivity contribution < 1.29 is 32.4 Å². The summed E-state index contributed by atoms with van der Waals surface area (Å²) in [6.45, 7) is 2.24. The molecule has 2 rings (SSSR count). The fourth-order valence-corrected chi connectivity index (χ4v) is 3.22. The van der Waals surface area contributed by atoms with Crippen LogP contribution in [0.1, 0.15) is 23.7 Å². The highest BCUT2D eigenvalue weighted by Crippen LogP contribution is 2.31. The van der Waals surface area contributed by atoms with Crippen molar-refractivity contribution in [1.82, 2.24) is 5.32 Å². The first-order valence-electron chi connectivity index (χ1n) is 8.53. The second-order valence-electron chi connectivity index (χ2n) is 6.01. The van der Waals surface area contributed by atoms with Crippen LogP contribution in [0.15, 0.2) is 48.5 Å². The molecule has 0 aliphatic rings. The molecule has 0 aromatic heterocycles. The van der Waals surface area contributed by atoms with Crippen LogP contribution in [0, 0.1) is 0 Å². The van der Waals surface area contributed by atoms with Crippen molar-refractivity contribution in [1.29, 1.82) is 0 Å². The van der Waals surface area contributed by atoms with Gasteiger partial charge in [0.15, 0.2) is 0 Å². The fraction of sp³-hybridized carbons (Fsp3) is 0.263. The SMILES string of the molecule is CCCOc1cccc(-c2ccccc2)c1C(=O)N[C@@H](CS(=O)(=O)O)C(=O)O. The Morgan fingerprint density at radius 2 is 1.79 bits per heavy atom. The molecule has 0 unspecified atom stereocenters. The quantitative estimate of drug-likeness (QED) is 0.543. The van der Waals surface area contributed by atoms with Crippen LogP contribution in [0.4, 0.5) is 0 Å². The van der Waals surface area contributed by atoms with Gasteiger partial charge < -0.3 is 15.2 Å². The highest BCUT2D eigenvalue weighted by molar-refractivity contribution is 7.85. The number of carbonyl (C=O) groups excluding carboxylic acids is 1. The molecule has 8 nitrogen and oxygen atoms in total. The molecule has 0 fully saturated rings. The van der Waals surface area contributed by atoms with Crippen molar-refractivity contribution >= 4 is 22.0 Å². The van der Waals surface area contributed by atoms with E-state index >= 15 is 0 Å². The minimum absolute atomic E-state index is 0.0868. The summed E-state index contributed by atoms with van der Waals surface area (Å²) < 4.78 is 36.7. The molecule has 2 aromatic rings. The highest BCUT2D eigenvalue weighted by Gasteiger charge is 2.28. The Bertz CT molecular complexity index is 942. The van der Waals surface area contributed by atoms with E-state index in [0.29, 0.717) is 24.2 Å². The van der Waals surface area contributed by atoms with E-state index in [4.69, 9.17) is 9.29 Å². The van der Waals surface area contributed by atoms with Gasteiger partial charge in [0.05, 0.1) is 12.2 Å². The Morgan fingerprint density at radius 3 is 2.36 bits per heavy atom. The minimum atomic E-state index is -4.61. The zero-order valence-corrected chi connectivity index (χ0v) is 16.0. The molecular formula is C19H21NO7S. The molecule has 0 heterocycles. The summed E-state index contributed by atoms with van der Waals surface area (Å²) in [5, 5.41) is 11.4. The zero-order chi connectivity index (χ0) is 20.7. The fourth-order valence-electron chi connectivity index (χ4n) is 2.57. The normalized spacial score (nSPS) is 12.2. The van der Waals surface area contributed by atoms with Crippen LogP contribution in [-0.2, 0) is 14.9 Å². The Kier molecular flexibility index (Phi) is 7.13. The van der Waals surface area contributed by atoms with Crippen LogP contribution < -0.4 is 10.1 Å². The van der Waals surface area contributed by atoms with Crippen molar-refractivity contribution in [3.63, 3.8) is 0 Å². The van der Waals surface area contributed by atoms with Crippen LogP contribution in [0.3, 0.4) is 0 Å². The van der Waals surface area contributed by atoms with E-state index in [1.165, 1.54) is 0 Å². The number of carboxylic acid groups (broad SMARTS) is 1. The molecule has 1 amide bonds. The number of carboxylic acids is 1. The third kappa shape index (κ3) is 5.80. The lowest BCUT2D eigenvalue weighted by Crippen LogP contribution is -2.45. The molecule has 0 aliphatic carbocycles. The number of aliphatic carboxylic acids is 1. The van der Waals surface area contributed by atoms with Crippen LogP contribution in [-0.4, -0.2) is 48.4 Å². The molecule has 0 spiro atoms. The van der Waals surface area contributed by atoms with E-state index in [1.807, 2.05) is 13.0 Å². The van der Waals surface area contributed by atoms with E-state index in [1.54, 1.807) is 42.5 Å². The van der Waals surface area contributed by atoms with Crippen molar-refractivity contribution in [2.45, 2.75) is 19.4 Å². The lowest BCUT2D eigenvalue weighted by molar-refractivity contribution is -0.138. The molecule has 9 heteroatoms. The van der Waals surface area contributed by atoms with Crippen molar-refractivity contribution in [3.05, 3.63) is 54.1 Å². The van der Waals surface area contributed by atoms with Crippen molar-refractivity contribution in [2.75, 3.05) is 12.4 Å². The number of amides is 1. The summed E-state index contributed by atoms with van der Waals surface area (Å²) in [5.41, 5.74) is 1.29. The average Bonchev–Trinajstić information content (AvgIpc) is 2.65. The summed E-state index contributed by atoms with van der Waals surface area (Å²) in [6, 6.07) is 12.1. The van der Waals surface area contributed by atoms with Crippen LogP contribution >= 0.6 is 0 Å². The van der Waals surface area contributed by atoms with Crippen LogP contribution in [0.25, 0.3) is 11.1 Å². The average molecular weight is 407 g/mol. The lowest BCUT2D eigenvalue weighted by Gasteiger charge is -2.18. The topological polar surface area (TPSA) is 130 Å². The van der Waals surface area contributed by atoms with E-state index < -0.39 is 33.8 Å². The smallest absolute Gasteiger partial charge is 0.327 e. The molecule has 150 valence electrons. The van der Waals surface area contributed by atoms with E-state index in [0.717, 1.165) is 0 Å². The summed E-state index contributed by atoms with van der Waals surface area (Å²) in [7, 11) is -4.61. The van der Waals surface area contributed by atoms with Gasteiger partial charge in [-0.15, -0.1) is 0 Å². The van der Waals surface area contributed by atoms with E-state index in [-0.39, 0.29) is 11.3 Å². The molecule has 0 saturated heterocycles. The first-order valence-corrected chi connectivity index (χ1v) is 10.1. The Morgan fingerprint density at radius 1 is 1.11 bits per heavy atom. The maximum atomic E-state index is 12.9. The molecule has 28 heavy (non-hydrogen) atoms. The summed E-state index contributed by atoms with van der Waals surface area (Å²) in [6.07, 6.45) is 0.692. The summed E-state index contributed by atoms with van der Waals surface area (Å²) in [5.74, 6) is -3.30. The van der Waals surface area contributed by atoms with Gasteiger partial charge in [-0.05, 0) is 23.6 Å². The van der Waals surface area contributed by atoms with Crippen molar-refractivity contribution in [3.8, 4) is 16.9 Å². The number of benzene rings is 2. The number of ether oxygens (including phenoxy) is 1. The maximum Gasteiger partial charge on any atom is 0.327 e. The molecule has 1 atom stereocenters. The number of carbonyl (C=O) groups is 2. The van der Waals surface area contributed by atoms with Crippen molar-refractivity contribution in [2.24, 2.45) is 0 Å². The van der Waals surface area contributed by atoms with Gasteiger partial charge in [0, 0.05) is 0 Å². The monoisotopic (exact) mass is 407 g/mol. The van der Waals surface area contributed by atoms with Gasteiger partial charge in [-0.1, -0.05) is 49.4 Å². The molecule has 0 saturated carbocycles. The standard InChI is InChI=1S/C19H21NO7S/c1-2-11-27-16-10-6-9-14(13-7-4-3-5-8-13)17(16)18(21)20-15(19(22)23)12-28(24,25)26/h3-10,15H,2,11-12H2,1H3,(H,20,21)(H,22,23)(H,24,25,26)/t15-/m0/s1. The molecular weight excluding hydrogens is 386 g/mol. The largest absolute Gasteiger partial charge is 0.493 e. The summed E-state index contributed by atoms with van der Waals surface area (Å²) in [4.78, 5) is 24.2. The third-order valence-corrected chi connectivity index (χ3v) is 4.54. The predicted octanol–water partition coefficient (Wildman–Crippen LogP) is 2.21. The molecule has 3 N–H and O–H groups in total. The molecule has 2 aromatic carbocycles. The number of hydrogen-bond acceptors (Lipinski definition) is 5. The lowest BCUT2D eigenvalue weighted by atomic mass is 9.98. The first-order chi connectivity index (χ1) is 13.2. The zero-order valence-electron chi connectivity index (χ0n) is 15.2. The Hall–Kier alpha value is -2.91. The van der Waals surface area contributed by atoms with E-state index in [9.17, 15) is 23.1 Å². The predicted molar refractivity (Wildman–Crippen MR) is 103 cm³/mol. The minimum Gasteiger partial charge on any atom is -0.493 e. The second-order valence-corrected chi connectivity index (χ2v) is 7.50. The van der Waals surface area contributed by atoms with Gasteiger partial charge in [0.1, 0.15) is 17.5 Å². The van der Waals surface area contributed by atoms with Gasteiger partial charge in [-0.25, -0.2) is 4.79 Å². The number of nitrogens with one attached hydrogen (secondary N) is 1. The number of hydrogen-bond donors (Lipinski definition) is 3. The van der Waals surface area contributed by atoms with Crippen LogP contribution in [0.5, 0.6) is 5.75 Å².